The van der Waals surface area contributed by atoms with Gasteiger partial charge >= 0.3 is 5.97 Å². The molecule has 0 radical (unpaired) electrons. The third-order valence-electron chi connectivity index (χ3n) is 2.93. The predicted octanol–water partition coefficient (Wildman–Crippen LogP) is 2.64. The van der Waals surface area contributed by atoms with Crippen LogP contribution in [0.3, 0.4) is 0 Å². The van der Waals surface area contributed by atoms with Gasteiger partial charge in [0.2, 0.25) is 0 Å². The fourth-order valence-electron chi connectivity index (χ4n) is 1.81. The van der Waals surface area contributed by atoms with E-state index in [1.165, 1.54) is 0 Å². The molecule has 0 unspecified atom stereocenters. The first-order valence-corrected chi connectivity index (χ1v) is 6.67. The van der Waals surface area contributed by atoms with Crippen molar-refractivity contribution in [2.75, 3.05) is 6.54 Å². The summed E-state index contributed by atoms with van der Waals surface area (Å²) in [4.78, 5) is 23.5. The third kappa shape index (κ3) is 4.45. The van der Waals surface area contributed by atoms with Crippen LogP contribution in [0.5, 0.6) is 5.75 Å². The van der Waals surface area contributed by atoms with Crippen LogP contribution in [0.4, 0.5) is 0 Å². The Morgan fingerprint density at radius 3 is 2.38 bits per heavy atom. The zero-order chi connectivity index (χ0) is 15.2. The molecule has 0 fully saturated rings. The maximum atomic E-state index is 11.8. The average molecular weight is 283 g/mol. The van der Waals surface area contributed by atoms with Crippen molar-refractivity contribution in [3.05, 3.63) is 65.2 Å². The zero-order valence-corrected chi connectivity index (χ0v) is 12.1. The minimum atomic E-state index is -0.499. The Morgan fingerprint density at radius 1 is 1.00 bits per heavy atom. The lowest BCUT2D eigenvalue weighted by Crippen LogP contribution is -2.31. The third-order valence-corrected chi connectivity index (χ3v) is 2.93. The molecule has 21 heavy (non-hydrogen) atoms. The number of rotatable bonds is 4. The molecule has 1 N–H and O–H groups in total. The van der Waals surface area contributed by atoms with E-state index in [0.717, 1.165) is 11.1 Å². The van der Waals surface area contributed by atoms with Crippen LogP contribution in [-0.2, 0) is 4.79 Å². The smallest absolute Gasteiger partial charge is 0.330 e. The molecular formula is C17H17NO3. The van der Waals surface area contributed by atoms with Gasteiger partial charge in [-0.2, -0.15) is 0 Å². The molecule has 0 saturated heterocycles. The van der Waals surface area contributed by atoms with Crippen LogP contribution in [-0.4, -0.2) is 18.4 Å². The molecular weight excluding hydrogens is 266 g/mol. The van der Waals surface area contributed by atoms with Crippen molar-refractivity contribution in [1.29, 1.82) is 0 Å². The lowest BCUT2D eigenvalue weighted by molar-refractivity contribution is -0.133. The highest BCUT2D eigenvalue weighted by Gasteiger charge is 2.09. The SMILES string of the molecule is Cc1ccc(C(=O)NCC(=O)Oc2cccc(C)c2)cc1. The van der Waals surface area contributed by atoms with E-state index in [1.54, 1.807) is 24.3 Å². The van der Waals surface area contributed by atoms with Crippen molar-refractivity contribution in [2.24, 2.45) is 0 Å². The lowest BCUT2D eigenvalue weighted by Gasteiger charge is -2.07. The highest BCUT2D eigenvalue weighted by Crippen LogP contribution is 2.12. The molecule has 0 spiro atoms. The van der Waals surface area contributed by atoms with E-state index >= 15 is 0 Å². The van der Waals surface area contributed by atoms with Crippen LogP contribution in [0.2, 0.25) is 0 Å². The molecule has 0 aromatic heterocycles. The molecule has 0 saturated carbocycles. The predicted molar refractivity (Wildman–Crippen MR) is 80.3 cm³/mol. The summed E-state index contributed by atoms with van der Waals surface area (Å²) < 4.78 is 5.15. The molecule has 108 valence electrons. The summed E-state index contributed by atoms with van der Waals surface area (Å²) in [7, 11) is 0. The van der Waals surface area contributed by atoms with Gasteiger partial charge in [0, 0.05) is 5.56 Å². The first-order chi connectivity index (χ1) is 10.0. The second kappa shape index (κ2) is 6.70. The number of carbonyl (C=O) groups excluding carboxylic acids is 2. The fourth-order valence-corrected chi connectivity index (χ4v) is 1.81. The highest BCUT2D eigenvalue weighted by atomic mass is 16.5. The van der Waals surface area contributed by atoms with Crippen LogP contribution in [0.15, 0.2) is 48.5 Å². The molecule has 0 aliphatic carbocycles. The van der Waals surface area contributed by atoms with Gasteiger partial charge in [-0.1, -0.05) is 29.8 Å². The van der Waals surface area contributed by atoms with Crippen LogP contribution in [0.25, 0.3) is 0 Å². The van der Waals surface area contributed by atoms with E-state index in [4.69, 9.17) is 4.74 Å². The van der Waals surface area contributed by atoms with E-state index in [0.29, 0.717) is 11.3 Å². The Bertz CT molecular complexity index is 647. The molecule has 4 nitrogen and oxygen atoms in total. The van der Waals surface area contributed by atoms with Gasteiger partial charge in [-0.15, -0.1) is 0 Å². The number of carbonyl (C=O) groups is 2. The number of hydrogen-bond acceptors (Lipinski definition) is 3. The molecule has 0 bridgehead atoms. The second-order valence-electron chi connectivity index (χ2n) is 4.84. The first kappa shape index (κ1) is 14.8. The molecule has 2 rings (SSSR count). The minimum absolute atomic E-state index is 0.166. The molecule has 0 atom stereocenters. The van der Waals surface area contributed by atoms with Gasteiger partial charge in [0.25, 0.3) is 5.91 Å². The Balaban J connectivity index is 1.86. The lowest BCUT2D eigenvalue weighted by atomic mass is 10.1. The normalized spacial score (nSPS) is 10.0. The number of nitrogens with one attached hydrogen (secondary N) is 1. The Morgan fingerprint density at radius 2 is 1.71 bits per heavy atom. The number of benzene rings is 2. The zero-order valence-electron chi connectivity index (χ0n) is 12.1. The molecule has 2 aromatic rings. The Hall–Kier alpha value is -2.62. The van der Waals surface area contributed by atoms with E-state index in [2.05, 4.69) is 5.32 Å². The number of esters is 1. The summed E-state index contributed by atoms with van der Waals surface area (Å²) in [5.74, 6) is -0.318. The number of hydrogen-bond donors (Lipinski definition) is 1. The van der Waals surface area contributed by atoms with E-state index in [9.17, 15) is 9.59 Å². The topological polar surface area (TPSA) is 55.4 Å². The maximum absolute atomic E-state index is 11.8. The standard InChI is InChI=1S/C17H17NO3/c1-12-6-8-14(9-7-12)17(20)18-11-16(19)21-15-5-3-4-13(2)10-15/h3-10H,11H2,1-2H3,(H,18,20). The van der Waals surface area contributed by atoms with Crippen LogP contribution in [0, 0.1) is 13.8 Å². The quantitative estimate of drug-likeness (QED) is 0.693. The summed E-state index contributed by atoms with van der Waals surface area (Å²) in [5.41, 5.74) is 2.60. The van der Waals surface area contributed by atoms with Crippen LogP contribution < -0.4 is 10.1 Å². The number of ether oxygens (including phenoxy) is 1. The van der Waals surface area contributed by atoms with E-state index < -0.39 is 5.97 Å². The number of aryl methyl sites for hydroxylation is 2. The van der Waals surface area contributed by atoms with Gasteiger partial charge < -0.3 is 10.1 Å². The highest BCUT2D eigenvalue weighted by molar-refractivity contribution is 5.96. The van der Waals surface area contributed by atoms with Crippen molar-refractivity contribution in [1.82, 2.24) is 5.32 Å². The summed E-state index contributed by atoms with van der Waals surface area (Å²) in [6.07, 6.45) is 0. The first-order valence-electron chi connectivity index (χ1n) is 6.67. The minimum Gasteiger partial charge on any atom is -0.425 e. The van der Waals surface area contributed by atoms with Crippen molar-refractivity contribution in [3.8, 4) is 5.75 Å². The number of amides is 1. The summed E-state index contributed by atoms with van der Waals surface area (Å²) >= 11 is 0. The molecule has 1 amide bonds. The monoisotopic (exact) mass is 283 g/mol. The van der Waals surface area contributed by atoms with Crippen molar-refractivity contribution in [2.45, 2.75) is 13.8 Å². The van der Waals surface area contributed by atoms with E-state index in [-0.39, 0.29) is 12.5 Å². The fraction of sp³-hybridized carbons (Fsp3) is 0.176. The van der Waals surface area contributed by atoms with Gasteiger partial charge in [0.1, 0.15) is 12.3 Å². The molecule has 2 aromatic carbocycles. The van der Waals surface area contributed by atoms with Gasteiger partial charge in [0.05, 0.1) is 0 Å². The van der Waals surface area contributed by atoms with Crippen molar-refractivity contribution < 1.29 is 14.3 Å². The summed E-state index contributed by atoms with van der Waals surface area (Å²) in [5, 5.41) is 2.54. The largest absolute Gasteiger partial charge is 0.425 e. The average Bonchev–Trinajstić information content (AvgIpc) is 2.45. The molecule has 0 aliphatic heterocycles. The molecule has 0 aliphatic rings. The van der Waals surface area contributed by atoms with Crippen molar-refractivity contribution >= 4 is 11.9 Å². The summed E-state index contributed by atoms with van der Waals surface area (Å²) in [6, 6.07) is 14.3. The molecule has 4 heteroatoms. The van der Waals surface area contributed by atoms with Gasteiger partial charge in [-0.05, 0) is 43.7 Å². The van der Waals surface area contributed by atoms with Crippen LogP contribution >= 0.6 is 0 Å². The molecule has 0 heterocycles. The van der Waals surface area contributed by atoms with Crippen LogP contribution in [0.1, 0.15) is 21.5 Å². The van der Waals surface area contributed by atoms with Gasteiger partial charge in [0.15, 0.2) is 0 Å². The Labute approximate surface area is 123 Å². The van der Waals surface area contributed by atoms with Gasteiger partial charge in [-0.3, -0.25) is 4.79 Å². The van der Waals surface area contributed by atoms with Crippen molar-refractivity contribution in [3.63, 3.8) is 0 Å². The Kier molecular flexibility index (Phi) is 4.72. The summed E-state index contributed by atoms with van der Waals surface area (Å²) in [6.45, 7) is 3.69. The van der Waals surface area contributed by atoms with Gasteiger partial charge in [-0.25, -0.2) is 4.79 Å². The van der Waals surface area contributed by atoms with E-state index in [1.807, 2.05) is 38.1 Å². The second-order valence-corrected chi connectivity index (χ2v) is 4.84. The maximum Gasteiger partial charge on any atom is 0.330 e.